The predicted octanol–water partition coefficient (Wildman–Crippen LogP) is 1.23. The van der Waals surface area contributed by atoms with Crippen LogP contribution >= 0.6 is 15.9 Å². The molecule has 2 aliphatic rings. The maximum atomic E-state index is 12.5. The van der Waals surface area contributed by atoms with Gasteiger partial charge in [-0.15, -0.1) is 0 Å². The number of carboxylic acids is 1. The van der Waals surface area contributed by atoms with Crippen molar-refractivity contribution in [2.45, 2.75) is 18.4 Å². The molecule has 0 unspecified atom stereocenters. The van der Waals surface area contributed by atoms with Gasteiger partial charge in [-0.05, 0) is 28.1 Å². The zero-order valence-corrected chi connectivity index (χ0v) is 13.1. The second-order valence-corrected chi connectivity index (χ2v) is 6.18. The molecular weight excluding hydrogens is 358 g/mol. The summed E-state index contributed by atoms with van der Waals surface area (Å²) in [5.41, 5.74) is -1.32. The Kier molecular flexibility index (Phi) is 3.73. The molecule has 1 fully saturated rings. The number of likely N-dealkylation sites (tertiary alicyclic amines) is 1. The number of fused-ring (bicyclic) bond motifs is 1. The number of nitrogens with zero attached hydrogens (tertiary/aromatic N) is 1. The number of rotatable bonds is 2. The largest absolute Gasteiger partial charge is 0.479 e. The van der Waals surface area contributed by atoms with Gasteiger partial charge in [-0.25, -0.2) is 4.79 Å². The maximum absolute atomic E-state index is 12.5. The number of piperidine rings is 1. The first-order valence-corrected chi connectivity index (χ1v) is 7.54. The topological polar surface area (TPSA) is 96.3 Å². The van der Waals surface area contributed by atoms with Gasteiger partial charge in [-0.3, -0.25) is 4.79 Å². The Balaban J connectivity index is 1.76. The van der Waals surface area contributed by atoms with Crippen LogP contribution in [0.3, 0.4) is 0 Å². The van der Waals surface area contributed by atoms with E-state index in [0.717, 1.165) is 0 Å². The van der Waals surface area contributed by atoms with Crippen LogP contribution in [-0.4, -0.2) is 52.5 Å². The Morgan fingerprint density at radius 2 is 1.91 bits per heavy atom. The molecule has 0 bridgehead atoms. The van der Waals surface area contributed by atoms with Crippen molar-refractivity contribution in [2.24, 2.45) is 0 Å². The Hall–Kier alpha value is -1.80. The van der Waals surface area contributed by atoms with Gasteiger partial charge in [-0.1, -0.05) is 0 Å². The lowest BCUT2D eigenvalue weighted by molar-refractivity contribution is -0.162. The van der Waals surface area contributed by atoms with Crippen LogP contribution in [0, 0.1) is 0 Å². The van der Waals surface area contributed by atoms with Crippen molar-refractivity contribution in [1.82, 2.24) is 4.90 Å². The molecule has 0 aromatic heterocycles. The molecule has 22 heavy (non-hydrogen) atoms. The summed E-state index contributed by atoms with van der Waals surface area (Å²) in [7, 11) is 0. The van der Waals surface area contributed by atoms with Crippen LogP contribution in [0.2, 0.25) is 0 Å². The number of ether oxygens (including phenoxy) is 2. The number of carbonyl (C=O) groups excluding carboxylic acids is 1. The number of aliphatic hydroxyl groups is 1. The summed E-state index contributed by atoms with van der Waals surface area (Å²) in [5.74, 6) is -0.413. The van der Waals surface area contributed by atoms with Crippen molar-refractivity contribution in [3.8, 4) is 11.5 Å². The highest BCUT2D eigenvalue weighted by atomic mass is 79.9. The molecule has 0 aliphatic carbocycles. The van der Waals surface area contributed by atoms with Gasteiger partial charge < -0.3 is 24.6 Å². The molecular formula is C14H14BrNO6. The minimum Gasteiger partial charge on any atom is -0.479 e. The van der Waals surface area contributed by atoms with E-state index in [2.05, 4.69) is 15.9 Å². The average molecular weight is 372 g/mol. The van der Waals surface area contributed by atoms with Crippen LogP contribution in [0.4, 0.5) is 0 Å². The molecule has 0 saturated carbocycles. The van der Waals surface area contributed by atoms with Crippen molar-refractivity contribution in [3.05, 3.63) is 22.2 Å². The van der Waals surface area contributed by atoms with Crippen molar-refractivity contribution in [1.29, 1.82) is 0 Å². The van der Waals surface area contributed by atoms with Crippen LogP contribution in [0.15, 0.2) is 16.6 Å². The van der Waals surface area contributed by atoms with E-state index in [9.17, 15) is 14.7 Å². The lowest BCUT2D eigenvalue weighted by Gasteiger charge is -2.35. The highest BCUT2D eigenvalue weighted by molar-refractivity contribution is 9.10. The highest BCUT2D eigenvalue weighted by Gasteiger charge is 2.40. The normalized spacial score (nSPS) is 19.1. The molecule has 2 N–H and O–H groups in total. The van der Waals surface area contributed by atoms with Crippen LogP contribution in [-0.2, 0) is 4.79 Å². The Labute approximate surface area is 134 Å². The molecule has 7 nitrogen and oxygen atoms in total. The summed E-state index contributed by atoms with van der Waals surface area (Å²) in [6.45, 7) is 0.488. The minimum atomic E-state index is -1.74. The Morgan fingerprint density at radius 3 is 2.55 bits per heavy atom. The number of carboxylic acid groups (broad SMARTS) is 1. The van der Waals surface area contributed by atoms with Crippen LogP contribution in [0.1, 0.15) is 23.2 Å². The quantitative estimate of drug-likeness (QED) is 0.811. The number of amides is 1. The fourth-order valence-electron chi connectivity index (χ4n) is 2.57. The second-order valence-electron chi connectivity index (χ2n) is 5.32. The third-order valence-electron chi connectivity index (χ3n) is 3.95. The van der Waals surface area contributed by atoms with Gasteiger partial charge in [-0.2, -0.15) is 0 Å². The molecule has 3 rings (SSSR count). The molecule has 1 aromatic carbocycles. The van der Waals surface area contributed by atoms with E-state index >= 15 is 0 Å². The lowest BCUT2D eigenvalue weighted by atomic mass is 9.91. The first kappa shape index (κ1) is 15.1. The average Bonchev–Trinajstić information content (AvgIpc) is 2.96. The van der Waals surface area contributed by atoms with Gasteiger partial charge in [0.2, 0.25) is 6.79 Å². The van der Waals surface area contributed by atoms with E-state index in [1.807, 2.05) is 0 Å². The van der Waals surface area contributed by atoms with Crippen molar-refractivity contribution >= 4 is 27.8 Å². The van der Waals surface area contributed by atoms with E-state index in [-0.39, 0.29) is 38.6 Å². The number of aliphatic carboxylic acids is 1. The van der Waals surface area contributed by atoms with Crippen LogP contribution in [0.5, 0.6) is 11.5 Å². The number of hydrogen-bond acceptors (Lipinski definition) is 5. The summed E-state index contributed by atoms with van der Waals surface area (Å²) in [6, 6.07) is 3.25. The third kappa shape index (κ3) is 2.52. The summed E-state index contributed by atoms with van der Waals surface area (Å²) in [5, 5.41) is 18.9. The second kappa shape index (κ2) is 5.44. The molecule has 8 heteroatoms. The number of carbonyl (C=O) groups is 2. The number of benzene rings is 1. The first-order valence-electron chi connectivity index (χ1n) is 6.75. The molecule has 0 atom stereocenters. The van der Waals surface area contributed by atoms with E-state index in [0.29, 0.717) is 21.5 Å². The first-order chi connectivity index (χ1) is 10.4. The van der Waals surface area contributed by atoms with Gasteiger partial charge in [0.25, 0.3) is 5.91 Å². The fourth-order valence-corrected chi connectivity index (χ4v) is 3.12. The zero-order chi connectivity index (χ0) is 15.9. The monoisotopic (exact) mass is 371 g/mol. The summed E-state index contributed by atoms with van der Waals surface area (Å²) in [4.78, 5) is 25.0. The van der Waals surface area contributed by atoms with Gasteiger partial charge in [0, 0.05) is 31.5 Å². The molecule has 1 saturated heterocycles. The lowest BCUT2D eigenvalue weighted by Crippen LogP contribution is -2.50. The predicted molar refractivity (Wildman–Crippen MR) is 78.0 cm³/mol. The molecule has 1 amide bonds. The Morgan fingerprint density at radius 1 is 1.23 bits per heavy atom. The van der Waals surface area contributed by atoms with Gasteiger partial charge in [0.1, 0.15) is 0 Å². The molecule has 1 aromatic rings. The van der Waals surface area contributed by atoms with E-state index < -0.39 is 11.6 Å². The highest BCUT2D eigenvalue weighted by Crippen LogP contribution is 2.40. The minimum absolute atomic E-state index is 0.0137. The van der Waals surface area contributed by atoms with Gasteiger partial charge in [0.05, 0.1) is 4.47 Å². The zero-order valence-electron chi connectivity index (χ0n) is 11.5. The maximum Gasteiger partial charge on any atom is 0.335 e. The van der Waals surface area contributed by atoms with Gasteiger partial charge >= 0.3 is 5.97 Å². The summed E-state index contributed by atoms with van der Waals surface area (Å²) in [6.07, 6.45) is 0.0274. The van der Waals surface area contributed by atoms with Crippen molar-refractivity contribution < 1.29 is 29.3 Å². The smallest absolute Gasteiger partial charge is 0.335 e. The number of halogens is 1. The molecule has 0 radical (unpaired) electrons. The Bertz CT molecular complexity index is 638. The summed E-state index contributed by atoms with van der Waals surface area (Å²) < 4.78 is 11.2. The standard InChI is InChI=1S/C14H14BrNO6/c15-9-5-8(6-10-11(9)22-7-21-10)12(17)16-3-1-14(20,2-4-16)13(18)19/h5-6,20H,1-4,7H2,(H,18,19). The number of hydrogen-bond donors (Lipinski definition) is 2. The molecule has 2 aliphatic heterocycles. The van der Waals surface area contributed by atoms with Crippen molar-refractivity contribution in [3.63, 3.8) is 0 Å². The van der Waals surface area contributed by atoms with E-state index in [4.69, 9.17) is 14.6 Å². The summed E-state index contributed by atoms with van der Waals surface area (Å²) >= 11 is 3.33. The molecule has 0 spiro atoms. The van der Waals surface area contributed by atoms with E-state index in [1.54, 1.807) is 12.1 Å². The van der Waals surface area contributed by atoms with E-state index in [1.165, 1.54) is 4.90 Å². The SMILES string of the molecule is O=C(c1cc(Br)c2c(c1)OCO2)N1CCC(O)(C(=O)O)CC1. The van der Waals surface area contributed by atoms with Crippen LogP contribution < -0.4 is 9.47 Å². The van der Waals surface area contributed by atoms with Crippen molar-refractivity contribution in [2.75, 3.05) is 19.9 Å². The third-order valence-corrected chi connectivity index (χ3v) is 4.54. The van der Waals surface area contributed by atoms with Gasteiger partial charge in [0.15, 0.2) is 17.1 Å². The molecule has 2 heterocycles. The fraction of sp³-hybridized carbons (Fsp3) is 0.429. The molecule has 118 valence electrons. The van der Waals surface area contributed by atoms with Crippen LogP contribution in [0.25, 0.3) is 0 Å².